The van der Waals surface area contributed by atoms with Crippen LogP contribution in [0.2, 0.25) is 0 Å². The number of rotatable bonds is 3. The predicted octanol–water partition coefficient (Wildman–Crippen LogP) is 0.698. The lowest BCUT2D eigenvalue weighted by Crippen LogP contribution is -2.30. The Kier molecular flexibility index (Phi) is 3.47. The van der Waals surface area contributed by atoms with Gasteiger partial charge in [-0.3, -0.25) is 0 Å². The topological polar surface area (TPSA) is 90.4 Å². The fraction of sp³-hybridized carbons (Fsp3) is 0.538. The van der Waals surface area contributed by atoms with Crippen LogP contribution in [0.15, 0.2) is 18.3 Å². The molecule has 2 aromatic rings. The minimum absolute atomic E-state index is 0.291. The fourth-order valence-electron chi connectivity index (χ4n) is 2.71. The summed E-state index contributed by atoms with van der Waals surface area (Å²) in [6.07, 6.45) is 4.65. The number of hydrogen-bond acceptors (Lipinski definition) is 5. The monoisotopic (exact) mass is 294 g/mol. The van der Waals surface area contributed by atoms with E-state index in [1.54, 1.807) is 10.7 Å². The molecule has 20 heavy (non-hydrogen) atoms. The first-order valence-corrected chi connectivity index (χ1v) is 8.56. The van der Waals surface area contributed by atoms with E-state index in [0.29, 0.717) is 31.0 Å². The summed E-state index contributed by atoms with van der Waals surface area (Å²) in [7, 11) is -2.99. The van der Waals surface area contributed by atoms with Gasteiger partial charge in [-0.2, -0.15) is 5.10 Å². The van der Waals surface area contributed by atoms with Gasteiger partial charge in [-0.1, -0.05) is 12.5 Å². The predicted molar refractivity (Wildman–Crippen MR) is 76.0 cm³/mol. The molecule has 0 aromatic carbocycles. The Morgan fingerprint density at radius 2 is 2.25 bits per heavy atom. The molecule has 0 spiro atoms. The normalized spacial score (nSPS) is 22.1. The van der Waals surface area contributed by atoms with Crippen LogP contribution in [-0.4, -0.2) is 34.0 Å². The van der Waals surface area contributed by atoms with E-state index in [1.165, 1.54) is 0 Å². The van der Waals surface area contributed by atoms with Crippen LogP contribution in [0.3, 0.4) is 0 Å². The molecule has 1 atom stereocenters. The van der Waals surface area contributed by atoms with E-state index in [4.69, 9.17) is 5.73 Å². The van der Waals surface area contributed by atoms with Gasteiger partial charge in [0.2, 0.25) is 0 Å². The average molecular weight is 294 g/mol. The molecule has 1 aliphatic rings. The van der Waals surface area contributed by atoms with Crippen molar-refractivity contribution in [2.45, 2.75) is 37.5 Å². The third-order valence-electron chi connectivity index (χ3n) is 3.83. The molecule has 6 nitrogen and oxygen atoms in total. The summed E-state index contributed by atoms with van der Waals surface area (Å²) in [6.45, 7) is 0.393. The first-order valence-electron chi connectivity index (χ1n) is 6.85. The van der Waals surface area contributed by atoms with E-state index in [9.17, 15) is 8.42 Å². The van der Waals surface area contributed by atoms with Gasteiger partial charge in [0, 0.05) is 24.7 Å². The molecule has 1 saturated heterocycles. The average Bonchev–Trinajstić information content (AvgIpc) is 2.83. The molecule has 0 bridgehead atoms. The molecule has 7 heteroatoms. The summed E-state index contributed by atoms with van der Waals surface area (Å²) in [5.74, 6) is 0.875. The van der Waals surface area contributed by atoms with E-state index in [1.807, 2.05) is 12.1 Å². The van der Waals surface area contributed by atoms with Crippen LogP contribution >= 0.6 is 0 Å². The van der Waals surface area contributed by atoms with Crippen molar-refractivity contribution in [2.24, 2.45) is 5.73 Å². The highest BCUT2D eigenvalue weighted by atomic mass is 32.2. The second kappa shape index (κ2) is 5.14. The molecule has 1 aliphatic heterocycles. The Morgan fingerprint density at radius 3 is 3.00 bits per heavy atom. The summed E-state index contributed by atoms with van der Waals surface area (Å²) >= 11 is 0. The molecule has 2 N–H and O–H groups in total. The Balaban J connectivity index is 1.91. The van der Waals surface area contributed by atoms with Gasteiger partial charge in [0.15, 0.2) is 21.3 Å². The molecule has 3 rings (SSSR count). The molecule has 1 fully saturated rings. The number of hydrogen-bond donors (Lipinski definition) is 1. The summed E-state index contributed by atoms with van der Waals surface area (Å²) in [5, 5.41) is 4.03. The smallest absolute Gasteiger partial charge is 0.160 e. The zero-order valence-corrected chi connectivity index (χ0v) is 12.0. The first-order chi connectivity index (χ1) is 9.60. The second-order valence-corrected chi connectivity index (χ2v) is 7.62. The summed E-state index contributed by atoms with van der Waals surface area (Å²) in [4.78, 5) is 4.45. The first kappa shape index (κ1) is 13.5. The fourth-order valence-corrected chi connectivity index (χ4v) is 4.57. The van der Waals surface area contributed by atoms with Crippen LogP contribution < -0.4 is 5.73 Å². The lowest BCUT2D eigenvalue weighted by atomic mass is 10.1. The van der Waals surface area contributed by atoms with E-state index < -0.39 is 9.84 Å². The molecule has 0 amide bonds. The van der Waals surface area contributed by atoms with Crippen LogP contribution in [0.5, 0.6) is 0 Å². The van der Waals surface area contributed by atoms with E-state index in [2.05, 4.69) is 10.1 Å². The molecule has 0 aliphatic carbocycles. The van der Waals surface area contributed by atoms with Crippen molar-refractivity contribution in [1.29, 1.82) is 0 Å². The summed E-state index contributed by atoms with van der Waals surface area (Å²) in [6, 6.07) is 3.77. The van der Waals surface area contributed by atoms with Crippen molar-refractivity contribution in [3.05, 3.63) is 29.7 Å². The van der Waals surface area contributed by atoms with Crippen LogP contribution in [0.4, 0.5) is 0 Å². The molecular weight excluding hydrogens is 276 g/mol. The Hall–Kier alpha value is -1.47. The Morgan fingerprint density at radius 1 is 1.40 bits per heavy atom. The maximum atomic E-state index is 12.0. The van der Waals surface area contributed by atoms with E-state index in [0.717, 1.165) is 24.1 Å². The summed E-state index contributed by atoms with van der Waals surface area (Å²) in [5.41, 5.74) is 7.31. The molecule has 0 saturated carbocycles. The third-order valence-corrected chi connectivity index (χ3v) is 6.11. The van der Waals surface area contributed by atoms with Gasteiger partial charge in [-0.15, -0.1) is 0 Å². The number of pyridine rings is 1. The van der Waals surface area contributed by atoms with Crippen molar-refractivity contribution in [1.82, 2.24) is 14.6 Å². The molecule has 2 aromatic heterocycles. The zero-order chi connectivity index (χ0) is 14.2. The quantitative estimate of drug-likeness (QED) is 0.899. The van der Waals surface area contributed by atoms with Gasteiger partial charge in [-0.25, -0.2) is 17.9 Å². The number of nitrogens with two attached hydrogens (primary N) is 1. The largest absolute Gasteiger partial charge is 0.326 e. The van der Waals surface area contributed by atoms with Gasteiger partial charge in [0.25, 0.3) is 0 Å². The minimum Gasteiger partial charge on any atom is -0.326 e. The lowest BCUT2D eigenvalue weighted by molar-refractivity contribution is 0.534. The van der Waals surface area contributed by atoms with E-state index >= 15 is 0 Å². The van der Waals surface area contributed by atoms with Gasteiger partial charge >= 0.3 is 0 Å². The van der Waals surface area contributed by atoms with Crippen molar-refractivity contribution in [3.8, 4) is 0 Å². The van der Waals surface area contributed by atoms with Crippen LogP contribution in [0.25, 0.3) is 5.65 Å². The maximum Gasteiger partial charge on any atom is 0.160 e. The molecule has 108 valence electrons. The number of nitrogens with zero attached hydrogens (tertiary/aromatic N) is 3. The van der Waals surface area contributed by atoms with Crippen molar-refractivity contribution in [2.75, 3.05) is 5.75 Å². The minimum atomic E-state index is -2.99. The van der Waals surface area contributed by atoms with Gasteiger partial charge in [0.05, 0.1) is 11.0 Å². The van der Waals surface area contributed by atoms with Gasteiger partial charge in [0.1, 0.15) is 0 Å². The van der Waals surface area contributed by atoms with E-state index in [-0.39, 0.29) is 5.25 Å². The van der Waals surface area contributed by atoms with Crippen molar-refractivity contribution in [3.63, 3.8) is 0 Å². The molecule has 3 heterocycles. The number of aromatic nitrogens is 3. The second-order valence-electron chi connectivity index (χ2n) is 5.22. The van der Waals surface area contributed by atoms with Crippen LogP contribution in [0, 0.1) is 0 Å². The third kappa shape index (κ3) is 2.43. The number of sulfone groups is 1. The molecule has 1 unspecified atom stereocenters. The molecule has 0 radical (unpaired) electrons. The van der Waals surface area contributed by atoms with Gasteiger partial charge in [-0.05, 0) is 18.9 Å². The van der Waals surface area contributed by atoms with Gasteiger partial charge < -0.3 is 5.73 Å². The highest BCUT2D eigenvalue weighted by molar-refractivity contribution is 7.92. The highest BCUT2D eigenvalue weighted by Crippen LogP contribution is 2.22. The zero-order valence-electron chi connectivity index (χ0n) is 11.2. The summed E-state index contributed by atoms with van der Waals surface area (Å²) < 4.78 is 25.8. The SMILES string of the molecule is NCc1cccn2nc(CC3CCCCS3(=O)=O)nc12. The number of fused-ring (bicyclic) bond motifs is 1. The van der Waals surface area contributed by atoms with Crippen LogP contribution in [-0.2, 0) is 22.8 Å². The Labute approximate surface area is 117 Å². The molecular formula is C13H18N4O2S. The highest BCUT2D eigenvalue weighted by Gasteiger charge is 2.30. The standard InChI is InChI=1S/C13H18N4O2S/c14-9-10-4-3-6-17-13(10)15-12(16-17)8-11-5-1-2-7-20(11,18)19/h3-4,6,11H,1-2,5,7-9,14H2. The van der Waals surface area contributed by atoms with Crippen LogP contribution in [0.1, 0.15) is 30.7 Å². The van der Waals surface area contributed by atoms with Crippen molar-refractivity contribution < 1.29 is 8.42 Å². The lowest BCUT2D eigenvalue weighted by Gasteiger charge is -2.20. The maximum absolute atomic E-state index is 12.0. The Bertz CT molecular complexity index is 723. The van der Waals surface area contributed by atoms with Crippen molar-refractivity contribution >= 4 is 15.5 Å².